The number of rotatable bonds is 5. The number of hydrogen-bond donors (Lipinski definition) is 3. The summed E-state index contributed by atoms with van der Waals surface area (Å²) in [7, 11) is 0. The van der Waals surface area contributed by atoms with Crippen LogP contribution in [0.5, 0.6) is 0 Å². The third-order valence-corrected chi connectivity index (χ3v) is 5.20. The largest absolute Gasteiger partial charge is 0.382 e. The van der Waals surface area contributed by atoms with Gasteiger partial charge < -0.3 is 11.1 Å². The molecule has 160 valence electrons. The lowest BCUT2D eigenvalue weighted by molar-refractivity contribution is 0.0942. The highest BCUT2D eigenvalue weighted by Gasteiger charge is 2.15. The van der Waals surface area contributed by atoms with Gasteiger partial charge in [0.25, 0.3) is 5.91 Å². The quantitative estimate of drug-likeness (QED) is 0.377. The summed E-state index contributed by atoms with van der Waals surface area (Å²) in [6, 6.07) is 8.79. The van der Waals surface area contributed by atoms with E-state index in [2.05, 4.69) is 30.6 Å². The average molecular weight is 451 g/mol. The van der Waals surface area contributed by atoms with Crippen molar-refractivity contribution in [2.45, 2.75) is 6.54 Å². The Morgan fingerprint density at radius 1 is 1.25 bits per heavy atom. The number of pyridine rings is 2. The van der Waals surface area contributed by atoms with Crippen LogP contribution in [0.4, 0.5) is 10.2 Å². The predicted molar refractivity (Wildman–Crippen MR) is 119 cm³/mol. The van der Waals surface area contributed by atoms with Gasteiger partial charge in [0.05, 0.1) is 22.8 Å². The molecule has 0 fully saturated rings. The molecule has 0 unspecified atom stereocenters. The lowest BCUT2D eigenvalue weighted by Gasteiger charge is -2.05. The van der Waals surface area contributed by atoms with Gasteiger partial charge in [0.1, 0.15) is 5.52 Å². The summed E-state index contributed by atoms with van der Waals surface area (Å²) in [6.07, 6.45) is 4.75. The minimum atomic E-state index is -0.778. The van der Waals surface area contributed by atoms with E-state index < -0.39 is 11.7 Å². The molecule has 0 aliphatic rings. The van der Waals surface area contributed by atoms with Gasteiger partial charge >= 0.3 is 0 Å². The Bertz CT molecular complexity index is 1460. The number of amides is 1. The molecule has 0 saturated heterocycles. The summed E-state index contributed by atoms with van der Waals surface area (Å²) in [5.41, 5.74) is 8.97. The number of nitrogens with one attached hydrogen (secondary N) is 2. The van der Waals surface area contributed by atoms with E-state index in [1.54, 1.807) is 10.9 Å². The number of nitrogens with two attached hydrogens (primary N) is 1. The van der Waals surface area contributed by atoms with Gasteiger partial charge in [-0.2, -0.15) is 10.2 Å². The zero-order valence-electron chi connectivity index (χ0n) is 16.5. The maximum atomic E-state index is 13.9. The second-order valence-electron chi connectivity index (χ2n) is 7.09. The van der Waals surface area contributed by atoms with E-state index in [0.717, 1.165) is 33.6 Å². The number of hydrogen-bond acceptors (Lipinski definition) is 6. The van der Waals surface area contributed by atoms with Crippen LogP contribution in [0, 0.1) is 5.82 Å². The second kappa shape index (κ2) is 7.89. The summed E-state index contributed by atoms with van der Waals surface area (Å²) in [5.74, 6) is -1.10. The monoisotopic (exact) mass is 450 g/mol. The Hall–Kier alpha value is -4.05. The first-order valence-electron chi connectivity index (χ1n) is 9.65. The minimum Gasteiger partial charge on any atom is -0.382 e. The average Bonchev–Trinajstić information content (AvgIpc) is 3.44. The van der Waals surface area contributed by atoms with Crippen molar-refractivity contribution in [3.05, 3.63) is 65.5 Å². The molecular weight excluding hydrogens is 435 g/mol. The summed E-state index contributed by atoms with van der Waals surface area (Å²) < 4.78 is 15.5. The Morgan fingerprint density at radius 2 is 2.12 bits per heavy atom. The zero-order chi connectivity index (χ0) is 22.2. The Balaban J connectivity index is 1.37. The highest BCUT2D eigenvalue weighted by molar-refractivity contribution is 6.30. The van der Waals surface area contributed by atoms with Crippen LogP contribution in [-0.4, -0.2) is 42.4 Å². The number of halogens is 2. The van der Waals surface area contributed by atoms with Crippen molar-refractivity contribution in [2.75, 3.05) is 12.3 Å². The lowest BCUT2D eigenvalue weighted by atomic mass is 10.1. The number of carbonyl (C=O) groups is 1. The van der Waals surface area contributed by atoms with Crippen LogP contribution in [0.2, 0.25) is 5.02 Å². The number of H-pyrrole nitrogens is 1. The normalized spacial score (nSPS) is 11.3. The summed E-state index contributed by atoms with van der Waals surface area (Å²) in [4.78, 5) is 20.4. The van der Waals surface area contributed by atoms with E-state index >= 15 is 0 Å². The molecule has 4 aromatic heterocycles. The summed E-state index contributed by atoms with van der Waals surface area (Å²) in [6.45, 7) is 0.564. The van der Waals surface area contributed by atoms with Crippen LogP contribution in [0.3, 0.4) is 0 Å². The number of anilines is 1. The first kappa shape index (κ1) is 19.9. The van der Waals surface area contributed by atoms with Crippen molar-refractivity contribution in [2.24, 2.45) is 0 Å². The predicted octanol–water partition coefficient (Wildman–Crippen LogP) is 3.17. The van der Waals surface area contributed by atoms with Gasteiger partial charge in [-0.3, -0.25) is 14.6 Å². The topological polar surface area (TPSA) is 127 Å². The molecule has 1 aromatic carbocycles. The van der Waals surface area contributed by atoms with Crippen molar-refractivity contribution in [1.82, 2.24) is 35.3 Å². The fourth-order valence-electron chi connectivity index (χ4n) is 3.49. The first-order chi connectivity index (χ1) is 15.5. The fourth-order valence-corrected chi connectivity index (χ4v) is 3.63. The number of nitrogens with zero attached hydrogens (tertiary/aromatic N) is 5. The molecule has 0 radical (unpaired) electrons. The van der Waals surface area contributed by atoms with Crippen LogP contribution in [0.1, 0.15) is 10.5 Å². The van der Waals surface area contributed by atoms with Crippen molar-refractivity contribution in [3.63, 3.8) is 0 Å². The third-order valence-electron chi connectivity index (χ3n) is 4.99. The van der Waals surface area contributed by atoms with Crippen LogP contribution < -0.4 is 11.1 Å². The molecular formula is C21H16ClFN8O. The molecule has 32 heavy (non-hydrogen) atoms. The smallest absolute Gasteiger partial charge is 0.272 e. The van der Waals surface area contributed by atoms with Gasteiger partial charge in [-0.05, 0) is 18.2 Å². The van der Waals surface area contributed by atoms with Crippen molar-refractivity contribution < 1.29 is 9.18 Å². The van der Waals surface area contributed by atoms with E-state index in [-0.39, 0.29) is 17.3 Å². The van der Waals surface area contributed by atoms with E-state index in [9.17, 15) is 9.18 Å². The number of aromatic nitrogens is 6. The van der Waals surface area contributed by atoms with E-state index in [1.165, 1.54) is 6.20 Å². The highest BCUT2D eigenvalue weighted by atomic mass is 35.5. The van der Waals surface area contributed by atoms with Gasteiger partial charge in [0, 0.05) is 41.5 Å². The summed E-state index contributed by atoms with van der Waals surface area (Å²) in [5, 5.41) is 15.9. The SMILES string of the molecule is Nc1nc2cc(-c3ccn[nH]3)ccc2c2cn(CCNC(=O)c3ncc(Cl)cc3F)nc12. The van der Waals surface area contributed by atoms with Crippen molar-refractivity contribution >= 4 is 45.1 Å². The van der Waals surface area contributed by atoms with Gasteiger partial charge in [-0.15, -0.1) is 0 Å². The lowest BCUT2D eigenvalue weighted by Crippen LogP contribution is -2.28. The molecule has 5 aromatic rings. The second-order valence-corrected chi connectivity index (χ2v) is 7.53. The molecule has 0 spiro atoms. The number of benzene rings is 1. The van der Waals surface area contributed by atoms with Crippen molar-refractivity contribution in [1.29, 1.82) is 0 Å². The maximum absolute atomic E-state index is 13.9. The first-order valence-corrected chi connectivity index (χ1v) is 10.0. The molecule has 5 rings (SSSR count). The molecule has 11 heteroatoms. The maximum Gasteiger partial charge on any atom is 0.272 e. The Morgan fingerprint density at radius 3 is 2.91 bits per heavy atom. The van der Waals surface area contributed by atoms with Crippen LogP contribution in [0.25, 0.3) is 33.1 Å². The number of nitrogen functional groups attached to an aromatic ring is 1. The molecule has 4 N–H and O–H groups in total. The molecule has 0 bridgehead atoms. The van der Waals surface area contributed by atoms with Gasteiger partial charge in [0.2, 0.25) is 0 Å². The van der Waals surface area contributed by atoms with Gasteiger partial charge in [-0.1, -0.05) is 23.7 Å². The van der Waals surface area contributed by atoms with E-state index in [4.69, 9.17) is 17.3 Å². The number of carbonyl (C=O) groups excluding carboxylic acids is 1. The third kappa shape index (κ3) is 3.60. The molecule has 4 heterocycles. The standard InChI is InChI=1S/C21H16ClFN8O/c22-12-8-15(23)19(26-9-12)21(32)25-5-6-31-10-14-13-2-1-11(16-3-4-27-29-16)7-17(13)28-20(24)18(14)30-31/h1-4,7-10H,5-6H2,(H2,24,28)(H,25,32)(H,27,29). The van der Waals surface area contributed by atoms with Gasteiger partial charge in [0.15, 0.2) is 17.3 Å². The number of aromatic amines is 1. The van der Waals surface area contributed by atoms with Crippen LogP contribution >= 0.6 is 11.6 Å². The molecule has 0 aliphatic carbocycles. The summed E-state index contributed by atoms with van der Waals surface area (Å²) >= 11 is 5.67. The molecule has 0 aliphatic heterocycles. The Labute approximate surface area is 185 Å². The molecule has 9 nitrogen and oxygen atoms in total. The van der Waals surface area contributed by atoms with Gasteiger partial charge in [-0.25, -0.2) is 14.4 Å². The van der Waals surface area contributed by atoms with E-state index in [0.29, 0.717) is 17.9 Å². The minimum absolute atomic E-state index is 0.123. The van der Waals surface area contributed by atoms with Crippen LogP contribution in [0.15, 0.2) is 48.9 Å². The zero-order valence-corrected chi connectivity index (χ0v) is 17.3. The number of fused-ring (bicyclic) bond motifs is 3. The Kier molecular flexibility index (Phi) is 4.91. The molecule has 1 amide bonds. The molecule has 0 saturated carbocycles. The van der Waals surface area contributed by atoms with Crippen LogP contribution in [-0.2, 0) is 6.54 Å². The molecule has 0 atom stereocenters. The highest BCUT2D eigenvalue weighted by Crippen LogP contribution is 2.29. The van der Waals surface area contributed by atoms with E-state index in [1.807, 2.05) is 30.5 Å². The fraction of sp³-hybridized carbons (Fsp3) is 0.0952. The van der Waals surface area contributed by atoms with Crippen molar-refractivity contribution in [3.8, 4) is 11.3 Å².